The predicted octanol–water partition coefficient (Wildman–Crippen LogP) is 5.82. The lowest BCUT2D eigenvalue weighted by Crippen LogP contribution is -2.46. The molecule has 0 spiro atoms. The SMILES string of the molecule is CC(C)(Oc1ccc(OCCCOc2nc(NCc3ccc(C(F)(F)F)cc3)nc(N3CCN(Cc4ccc([N+](=O)[O-])cc4)CC3)n2)cc1)C(=O)O. The Bertz CT molecular complexity index is 1800. The molecule has 0 atom stereocenters. The summed E-state index contributed by atoms with van der Waals surface area (Å²) < 4.78 is 56.2. The summed E-state index contributed by atoms with van der Waals surface area (Å²) >= 11 is 0. The lowest BCUT2D eigenvalue weighted by atomic mass is 10.1. The lowest BCUT2D eigenvalue weighted by Gasteiger charge is -2.34. The first-order valence-electron chi connectivity index (χ1n) is 16.4. The molecule has 0 saturated carbocycles. The monoisotopic (exact) mass is 725 g/mol. The van der Waals surface area contributed by atoms with Gasteiger partial charge in [0.05, 0.1) is 23.7 Å². The number of carboxylic acids is 1. The number of nitrogens with zero attached hydrogens (tertiary/aromatic N) is 6. The van der Waals surface area contributed by atoms with E-state index in [2.05, 4.69) is 25.2 Å². The van der Waals surface area contributed by atoms with Crippen molar-refractivity contribution in [1.29, 1.82) is 0 Å². The third-order valence-electron chi connectivity index (χ3n) is 8.04. The molecule has 0 unspecified atom stereocenters. The maximum absolute atomic E-state index is 13.0. The topological polar surface area (TPSA) is 165 Å². The summed E-state index contributed by atoms with van der Waals surface area (Å²) in [5, 5.41) is 23.3. The van der Waals surface area contributed by atoms with Crippen molar-refractivity contribution >= 4 is 23.6 Å². The van der Waals surface area contributed by atoms with Crippen LogP contribution in [0.15, 0.2) is 72.8 Å². The molecule has 0 amide bonds. The number of anilines is 2. The lowest BCUT2D eigenvalue weighted by molar-refractivity contribution is -0.384. The summed E-state index contributed by atoms with van der Waals surface area (Å²) in [7, 11) is 0. The van der Waals surface area contributed by atoms with Gasteiger partial charge in [0.1, 0.15) is 11.5 Å². The van der Waals surface area contributed by atoms with Gasteiger partial charge >= 0.3 is 18.2 Å². The number of halogens is 3. The third kappa shape index (κ3) is 10.6. The highest BCUT2D eigenvalue weighted by atomic mass is 19.4. The van der Waals surface area contributed by atoms with E-state index in [-0.39, 0.29) is 30.8 Å². The minimum atomic E-state index is -4.43. The standard InChI is InChI=1S/C35H38F3N7O7/c1-34(2,30(46)47)52-29-14-12-28(13-15-29)50-20-3-21-51-33-41-31(39-22-24-4-8-26(9-5-24)35(36,37)38)40-32(42-33)44-18-16-43(17-19-44)23-25-6-10-27(11-7-25)45(48)49/h4-15H,3,16-23H2,1-2H3,(H,46,47)(H,39,40,41,42). The number of aromatic nitrogens is 3. The van der Waals surface area contributed by atoms with E-state index in [1.165, 1.54) is 38.1 Å². The van der Waals surface area contributed by atoms with Crippen LogP contribution in [0.25, 0.3) is 0 Å². The zero-order valence-corrected chi connectivity index (χ0v) is 28.5. The molecule has 1 saturated heterocycles. The van der Waals surface area contributed by atoms with Crippen LogP contribution in [0.4, 0.5) is 30.8 Å². The second-order valence-corrected chi connectivity index (χ2v) is 12.4. The van der Waals surface area contributed by atoms with Crippen LogP contribution in [-0.2, 0) is 24.1 Å². The number of carbonyl (C=O) groups is 1. The second-order valence-electron chi connectivity index (χ2n) is 12.4. The van der Waals surface area contributed by atoms with Crippen molar-refractivity contribution < 1.29 is 42.2 Å². The average Bonchev–Trinajstić information content (AvgIpc) is 3.11. The maximum Gasteiger partial charge on any atom is 0.416 e. The van der Waals surface area contributed by atoms with Gasteiger partial charge in [-0.15, -0.1) is 0 Å². The van der Waals surface area contributed by atoms with Gasteiger partial charge in [-0.25, -0.2) is 4.79 Å². The van der Waals surface area contributed by atoms with Crippen LogP contribution in [0.3, 0.4) is 0 Å². The summed E-state index contributed by atoms with van der Waals surface area (Å²) in [4.78, 5) is 39.5. The van der Waals surface area contributed by atoms with E-state index in [9.17, 15) is 33.2 Å². The second kappa shape index (κ2) is 16.5. The van der Waals surface area contributed by atoms with Gasteiger partial charge in [0.15, 0.2) is 5.60 Å². The number of nitrogens with one attached hydrogen (secondary N) is 1. The first-order chi connectivity index (χ1) is 24.7. The van der Waals surface area contributed by atoms with Crippen LogP contribution in [0.2, 0.25) is 0 Å². The van der Waals surface area contributed by atoms with Crippen LogP contribution < -0.4 is 24.4 Å². The van der Waals surface area contributed by atoms with E-state index in [1.54, 1.807) is 36.4 Å². The zero-order valence-electron chi connectivity index (χ0n) is 28.5. The van der Waals surface area contributed by atoms with Gasteiger partial charge in [-0.2, -0.15) is 28.1 Å². The minimum absolute atomic E-state index is 0.0394. The molecule has 276 valence electrons. The number of aliphatic carboxylic acids is 1. The number of hydrogen-bond acceptors (Lipinski definition) is 12. The quantitative estimate of drug-likeness (QED) is 0.0807. The average molecular weight is 726 g/mol. The number of alkyl halides is 3. The summed E-state index contributed by atoms with van der Waals surface area (Å²) in [5.41, 5.74) is -0.522. The van der Waals surface area contributed by atoms with Crippen LogP contribution in [0.5, 0.6) is 17.5 Å². The molecule has 2 N–H and O–H groups in total. The van der Waals surface area contributed by atoms with Crippen molar-refractivity contribution in [3.8, 4) is 17.5 Å². The molecule has 3 aromatic carbocycles. The molecule has 1 aliphatic rings. The van der Waals surface area contributed by atoms with Gasteiger partial charge in [-0.1, -0.05) is 24.3 Å². The third-order valence-corrected chi connectivity index (χ3v) is 8.04. The molecule has 4 aromatic rings. The molecular weight excluding hydrogens is 687 g/mol. The van der Waals surface area contributed by atoms with Crippen LogP contribution >= 0.6 is 0 Å². The van der Waals surface area contributed by atoms with Crippen LogP contribution in [0, 0.1) is 10.1 Å². The highest BCUT2D eigenvalue weighted by Crippen LogP contribution is 2.29. The van der Waals surface area contributed by atoms with Crippen molar-refractivity contribution in [1.82, 2.24) is 19.9 Å². The summed E-state index contributed by atoms with van der Waals surface area (Å²) in [6, 6.07) is 17.9. The fourth-order valence-corrected chi connectivity index (χ4v) is 5.07. The number of hydrogen-bond donors (Lipinski definition) is 2. The first-order valence-corrected chi connectivity index (χ1v) is 16.4. The Morgan fingerprint density at radius 3 is 2.10 bits per heavy atom. The summed E-state index contributed by atoms with van der Waals surface area (Å²) in [5.74, 6) is 0.435. The Morgan fingerprint density at radius 1 is 0.865 bits per heavy atom. The first kappa shape index (κ1) is 37.5. The smallest absolute Gasteiger partial charge is 0.416 e. The molecule has 52 heavy (non-hydrogen) atoms. The number of ether oxygens (including phenoxy) is 3. The molecule has 0 bridgehead atoms. The van der Waals surface area contributed by atoms with Gasteiger partial charge in [-0.3, -0.25) is 15.0 Å². The molecule has 14 nitrogen and oxygen atoms in total. The van der Waals surface area contributed by atoms with Gasteiger partial charge in [0, 0.05) is 57.8 Å². The molecule has 1 aromatic heterocycles. The molecular formula is C35H38F3N7O7. The number of carboxylic acid groups (broad SMARTS) is 1. The molecule has 17 heteroatoms. The summed E-state index contributed by atoms with van der Waals surface area (Å²) in [6.07, 6.45) is -3.96. The molecule has 5 rings (SSSR count). The predicted molar refractivity (Wildman–Crippen MR) is 184 cm³/mol. The van der Waals surface area contributed by atoms with E-state index in [0.29, 0.717) is 68.8 Å². The van der Waals surface area contributed by atoms with E-state index < -0.39 is 28.2 Å². The molecule has 1 fully saturated rings. The Hall–Kier alpha value is -5.71. The van der Waals surface area contributed by atoms with Crippen molar-refractivity contribution in [2.24, 2.45) is 0 Å². The number of rotatable bonds is 16. The highest BCUT2D eigenvalue weighted by Gasteiger charge is 2.30. The number of nitro benzene ring substituents is 1. The number of benzene rings is 3. The number of piperazine rings is 1. The Balaban J connectivity index is 1.18. The normalized spacial score (nSPS) is 13.8. The molecule has 0 radical (unpaired) electrons. The maximum atomic E-state index is 13.0. The molecule has 0 aliphatic carbocycles. The number of nitro groups is 1. The largest absolute Gasteiger partial charge is 0.493 e. The van der Waals surface area contributed by atoms with E-state index in [4.69, 9.17) is 14.2 Å². The molecule has 1 aliphatic heterocycles. The van der Waals surface area contributed by atoms with Gasteiger partial charge < -0.3 is 29.5 Å². The zero-order chi connectivity index (χ0) is 37.3. The summed E-state index contributed by atoms with van der Waals surface area (Å²) in [6.45, 7) is 6.73. The fourth-order valence-electron chi connectivity index (χ4n) is 5.07. The van der Waals surface area contributed by atoms with E-state index in [1.807, 2.05) is 4.90 Å². The van der Waals surface area contributed by atoms with E-state index >= 15 is 0 Å². The van der Waals surface area contributed by atoms with E-state index in [0.717, 1.165) is 17.7 Å². The van der Waals surface area contributed by atoms with Crippen LogP contribution in [-0.4, -0.2) is 80.8 Å². The van der Waals surface area contributed by atoms with Crippen LogP contribution in [0.1, 0.15) is 37.0 Å². The Labute approximate surface area is 297 Å². The highest BCUT2D eigenvalue weighted by molar-refractivity contribution is 5.76. The Morgan fingerprint density at radius 2 is 1.48 bits per heavy atom. The Kier molecular flexibility index (Phi) is 11.9. The van der Waals surface area contributed by atoms with Gasteiger partial charge in [-0.05, 0) is 61.4 Å². The number of non-ortho nitro benzene ring substituents is 1. The fraction of sp³-hybridized carbons (Fsp3) is 0.371. The minimum Gasteiger partial charge on any atom is -0.493 e. The molecule has 2 heterocycles. The van der Waals surface area contributed by atoms with Gasteiger partial charge in [0.25, 0.3) is 5.69 Å². The van der Waals surface area contributed by atoms with Crippen molar-refractivity contribution in [2.75, 3.05) is 49.6 Å². The van der Waals surface area contributed by atoms with Gasteiger partial charge in [0.2, 0.25) is 11.9 Å². The van der Waals surface area contributed by atoms with Crippen molar-refractivity contribution in [3.05, 3.63) is 99.6 Å². The van der Waals surface area contributed by atoms with Crippen molar-refractivity contribution in [2.45, 2.75) is 45.1 Å². The van der Waals surface area contributed by atoms with Crippen molar-refractivity contribution in [3.63, 3.8) is 0 Å².